The zero-order chi connectivity index (χ0) is 14.5. The maximum atomic E-state index is 12.0. The molecule has 1 aromatic carbocycles. The Morgan fingerprint density at radius 1 is 1.35 bits per heavy atom. The van der Waals surface area contributed by atoms with Crippen LogP contribution in [-0.4, -0.2) is 17.4 Å². The van der Waals surface area contributed by atoms with Crippen molar-refractivity contribution in [1.29, 1.82) is 0 Å². The highest BCUT2D eigenvalue weighted by Gasteiger charge is 2.10. The number of anilines is 1. The van der Waals surface area contributed by atoms with E-state index < -0.39 is 0 Å². The van der Waals surface area contributed by atoms with Crippen molar-refractivity contribution in [3.63, 3.8) is 0 Å². The molecule has 0 spiro atoms. The zero-order valence-electron chi connectivity index (χ0n) is 10.1. The molecule has 0 aliphatic carbocycles. The standard InChI is InChI=1S/C13H9Cl2N3OS/c14-9-4-8(5-10(15)6-9)12(19)18-13-17-7-11(20-13)2-1-3-16/h4-7H,3,16H2,(H,17,18,19). The average Bonchev–Trinajstić information content (AvgIpc) is 2.82. The minimum Gasteiger partial charge on any atom is -0.320 e. The van der Waals surface area contributed by atoms with Crippen molar-refractivity contribution in [2.45, 2.75) is 0 Å². The van der Waals surface area contributed by atoms with Gasteiger partial charge in [-0.25, -0.2) is 4.98 Å². The summed E-state index contributed by atoms with van der Waals surface area (Å²) >= 11 is 13.0. The van der Waals surface area contributed by atoms with Gasteiger partial charge in [0.2, 0.25) is 0 Å². The van der Waals surface area contributed by atoms with E-state index in [1.54, 1.807) is 12.3 Å². The molecule has 7 heteroatoms. The number of carbonyl (C=O) groups is 1. The SMILES string of the molecule is NCC#Cc1cnc(NC(=O)c2cc(Cl)cc(Cl)c2)s1. The first kappa shape index (κ1) is 14.8. The van der Waals surface area contributed by atoms with Gasteiger partial charge in [0, 0.05) is 15.6 Å². The molecule has 102 valence electrons. The summed E-state index contributed by atoms with van der Waals surface area (Å²) < 4.78 is 0. The fourth-order valence-electron chi connectivity index (χ4n) is 1.38. The summed E-state index contributed by atoms with van der Waals surface area (Å²) in [6.07, 6.45) is 1.58. The molecule has 0 aliphatic rings. The quantitative estimate of drug-likeness (QED) is 0.834. The normalized spacial score (nSPS) is 9.75. The molecule has 0 atom stereocenters. The monoisotopic (exact) mass is 325 g/mol. The number of halogens is 2. The van der Waals surface area contributed by atoms with Gasteiger partial charge >= 0.3 is 0 Å². The summed E-state index contributed by atoms with van der Waals surface area (Å²) in [6.45, 7) is 0.278. The number of thiazole rings is 1. The predicted octanol–water partition coefficient (Wildman–Crippen LogP) is 3.01. The van der Waals surface area contributed by atoms with Gasteiger partial charge in [-0.1, -0.05) is 46.4 Å². The number of carbonyl (C=O) groups excluding carboxylic acids is 1. The van der Waals surface area contributed by atoms with Crippen molar-refractivity contribution in [2.75, 3.05) is 11.9 Å². The van der Waals surface area contributed by atoms with Crippen LogP contribution in [0.15, 0.2) is 24.4 Å². The molecular weight excluding hydrogens is 317 g/mol. The van der Waals surface area contributed by atoms with Gasteiger partial charge < -0.3 is 5.73 Å². The van der Waals surface area contributed by atoms with Crippen LogP contribution in [0.4, 0.5) is 5.13 Å². The molecule has 0 unspecified atom stereocenters. The van der Waals surface area contributed by atoms with E-state index in [0.717, 1.165) is 4.88 Å². The molecule has 1 aromatic heterocycles. The van der Waals surface area contributed by atoms with Crippen LogP contribution in [0, 0.1) is 11.8 Å². The maximum absolute atomic E-state index is 12.0. The summed E-state index contributed by atoms with van der Waals surface area (Å²) in [5.74, 6) is 5.23. The third-order valence-electron chi connectivity index (χ3n) is 2.16. The molecule has 20 heavy (non-hydrogen) atoms. The molecule has 0 radical (unpaired) electrons. The highest BCUT2D eigenvalue weighted by molar-refractivity contribution is 7.16. The molecule has 1 amide bonds. The van der Waals surface area contributed by atoms with Gasteiger partial charge in [-0.05, 0) is 18.2 Å². The Hall–Kier alpha value is -1.58. The van der Waals surface area contributed by atoms with Gasteiger partial charge in [0.25, 0.3) is 5.91 Å². The predicted molar refractivity (Wildman–Crippen MR) is 82.5 cm³/mol. The van der Waals surface area contributed by atoms with E-state index in [9.17, 15) is 4.79 Å². The van der Waals surface area contributed by atoms with E-state index in [4.69, 9.17) is 28.9 Å². The Bertz CT molecular complexity index is 683. The highest BCUT2D eigenvalue weighted by atomic mass is 35.5. The minimum atomic E-state index is -0.331. The number of nitrogens with one attached hydrogen (secondary N) is 1. The Balaban J connectivity index is 2.13. The lowest BCUT2D eigenvalue weighted by molar-refractivity contribution is 0.102. The second kappa shape index (κ2) is 6.73. The summed E-state index contributed by atoms with van der Waals surface area (Å²) in [5, 5.41) is 3.91. The lowest BCUT2D eigenvalue weighted by atomic mass is 10.2. The Morgan fingerprint density at radius 3 is 2.70 bits per heavy atom. The molecule has 0 bridgehead atoms. The number of nitrogens with two attached hydrogens (primary N) is 1. The number of amides is 1. The van der Waals surface area contributed by atoms with Gasteiger partial charge in [-0.3, -0.25) is 10.1 Å². The van der Waals surface area contributed by atoms with Gasteiger partial charge in [0.05, 0.1) is 17.6 Å². The van der Waals surface area contributed by atoms with Gasteiger partial charge in [0.15, 0.2) is 5.13 Å². The van der Waals surface area contributed by atoms with Crippen LogP contribution >= 0.6 is 34.5 Å². The summed E-state index contributed by atoms with van der Waals surface area (Å²) in [7, 11) is 0. The molecule has 4 nitrogen and oxygen atoms in total. The lowest BCUT2D eigenvalue weighted by Gasteiger charge is -2.02. The van der Waals surface area contributed by atoms with E-state index in [2.05, 4.69) is 22.1 Å². The number of nitrogens with zero attached hydrogens (tertiary/aromatic N) is 1. The number of rotatable bonds is 2. The van der Waals surface area contributed by atoms with Gasteiger partial charge in [-0.2, -0.15) is 0 Å². The maximum Gasteiger partial charge on any atom is 0.257 e. The topological polar surface area (TPSA) is 68.0 Å². The van der Waals surface area contributed by atoms with Crippen LogP contribution in [-0.2, 0) is 0 Å². The third kappa shape index (κ3) is 3.95. The smallest absolute Gasteiger partial charge is 0.257 e. The Kier molecular flexibility index (Phi) is 4.99. The molecule has 0 saturated heterocycles. The van der Waals surface area contributed by atoms with E-state index in [-0.39, 0.29) is 12.5 Å². The van der Waals surface area contributed by atoms with E-state index in [1.165, 1.54) is 23.5 Å². The molecule has 3 N–H and O–H groups in total. The molecule has 1 heterocycles. The van der Waals surface area contributed by atoms with Crippen LogP contribution in [0.25, 0.3) is 0 Å². The largest absolute Gasteiger partial charge is 0.320 e. The van der Waals surface area contributed by atoms with Crippen molar-refractivity contribution < 1.29 is 4.79 Å². The van der Waals surface area contributed by atoms with Crippen molar-refractivity contribution >= 4 is 45.6 Å². The Labute approximate surface area is 129 Å². The van der Waals surface area contributed by atoms with Crippen molar-refractivity contribution in [2.24, 2.45) is 5.73 Å². The third-order valence-corrected chi connectivity index (χ3v) is 3.43. The average molecular weight is 326 g/mol. The lowest BCUT2D eigenvalue weighted by Crippen LogP contribution is -2.11. The van der Waals surface area contributed by atoms with E-state index >= 15 is 0 Å². The van der Waals surface area contributed by atoms with Gasteiger partial charge in [0.1, 0.15) is 0 Å². The van der Waals surface area contributed by atoms with Crippen LogP contribution in [0.1, 0.15) is 15.2 Å². The highest BCUT2D eigenvalue weighted by Crippen LogP contribution is 2.21. The van der Waals surface area contributed by atoms with Crippen LogP contribution in [0.2, 0.25) is 10.0 Å². The molecule has 2 aromatic rings. The van der Waals surface area contributed by atoms with E-state index in [1.807, 2.05) is 0 Å². The summed E-state index contributed by atoms with van der Waals surface area (Å²) in [6, 6.07) is 4.63. The zero-order valence-corrected chi connectivity index (χ0v) is 12.4. The number of hydrogen-bond donors (Lipinski definition) is 2. The molecular formula is C13H9Cl2N3OS. The number of hydrogen-bond acceptors (Lipinski definition) is 4. The van der Waals surface area contributed by atoms with Gasteiger partial charge in [-0.15, -0.1) is 0 Å². The van der Waals surface area contributed by atoms with Crippen molar-refractivity contribution in [3.8, 4) is 11.8 Å². The first-order chi connectivity index (χ1) is 9.58. The summed E-state index contributed by atoms with van der Waals surface area (Å²) in [5.41, 5.74) is 5.65. The first-order valence-electron chi connectivity index (χ1n) is 5.50. The fourth-order valence-corrected chi connectivity index (χ4v) is 2.59. The molecule has 0 aliphatic heterocycles. The van der Waals surface area contributed by atoms with Crippen molar-refractivity contribution in [1.82, 2.24) is 4.98 Å². The fraction of sp³-hybridized carbons (Fsp3) is 0.0769. The van der Waals surface area contributed by atoms with Crippen LogP contribution < -0.4 is 11.1 Å². The van der Waals surface area contributed by atoms with E-state index in [0.29, 0.717) is 20.7 Å². The minimum absolute atomic E-state index is 0.278. The van der Waals surface area contributed by atoms with Crippen molar-refractivity contribution in [3.05, 3.63) is 44.9 Å². The Morgan fingerprint density at radius 2 is 2.05 bits per heavy atom. The first-order valence-corrected chi connectivity index (χ1v) is 7.08. The van der Waals surface area contributed by atoms with Crippen LogP contribution in [0.3, 0.4) is 0 Å². The number of benzene rings is 1. The second-order valence-corrected chi connectivity index (χ2v) is 5.55. The molecule has 0 fully saturated rings. The second-order valence-electron chi connectivity index (χ2n) is 3.65. The summed E-state index contributed by atoms with van der Waals surface area (Å²) in [4.78, 5) is 16.8. The number of aromatic nitrogens is 1. The molecule has 0 saturated carbocycles. The molecule has 2 rings (SSSR count). The van der Waals surface area contributed by atoms with Crippen LogP contribution in [0.5, 0.6) is 0 Å².